The third-order valence-corrected chi connectivity index (χ3v) is 5.41. The monoisotopic (exact) mass is 419 g/mol. The van der Waals surface area contributed by atoms with Crippen molar-refractivity contribution in [2.75, 3.05) is 31.1 Å². The molecule has 0 aliphatic carbocycles. The van der Waals surface area contributed by atoms with Crippen LogP contribution in [0.1, 0.15) is 34.0 Å². The van der Waals surface area contributed by atoms with Crippen LogP contribution < -0.4 is 4.90 Å². The maximum absolute atomic E-state index is 13.3. The molecule has 8 heteroatoms. The minimum absolute atomic E-state index is 0.0742. The highest BCUT2D eigenvalue weighted by molar-refractivity contribution is 6.31. The maximum atomic E-state index is 13.3. The molecule has 29 heavy (non-hydrogen) atoms. The van der Waals surface area contributed by atoms with Crippen molar-refractivity contribution in [3.05, 3.63) is 58.1 Å². The summed E-state index contributed by atoms with van der Waals surface area (Å²) in [6, 6.07) is 8.20. The van der Waals surface area contributed by atoms with Crippen LogP contribution in [0.2, 0.25) is 5.02 Å². The van der Waals surface area contributed by atoms with Crippen LogP contribution in [-0.4, -0.2) is 42.0 Å². The number of carbonyl (C=O) groups excluding carboxylic acids is 1. The summed E-state index contributed by atoms with van der Waals surface area (Å²) in [6.45, 7) is 5.59. The molecule has 0 unspecified atom stereocenters. The average Bonchev–Trinajstić information content (AvgIpc) is 3.04. The zero-order valence-electron chi connectivity index (χ0n) is 16.1. The number of fused-ring (bicyclic) bond motifs is 1. The second-order valence-electron chi connectivity index (χ2n) is 7.13. The average molecular weight is 420 g/mol. The summed E-state index contributed by atoms with van der Waals surface area (Å²) < 4.78 is 32.2. The number of anilines is 1. The summed E-state index contributed by atoms with van der Waals surface area (Å²) >= 11 is 6.13. The summed E-state index contributed by atoms with van der Waals surface area (Å²) in [5, 5.41) is 1.24. The standard InChI is InChI=1S/C21H20ClF2N3O2/c1-12-9-15(13(2)29-12)21(28)27-7-5-26(6-8-27)19-11-18(20(23)24)25-17-4-3-14(22)10-16(17)19/h3-4,9-11,20H,5-8H2,1-2H3. The van der Waals surface area contributed by atoms with Crippen molar-refractivity contribution in [3.63, 3.8) is 0 Å². The highest BCUT2D eigenvalue weighted by atomic mass is 35.5. The van der Waals surface area contributed by atoms with Crippen LogP contribution in [0.15, 0.2) is 34.7 Å². The lowest BCUT2D eigenvalue weighted by molar-refractivity contribution is 0.0745. The molecule has 1 aliphatic heterocycles. The van der Waals surface area contributed by atoms with E-state index in [1.165, 1.54) is 6.07 Å². The second-order valence-corrected chi connectivity index (χ2v) is 7.57. The zero-order chi connectivity index (χ0) is 20.7. The fourth-order valence-electron chi connectivity index (χ4n) is 3.74. The van der Waals surface area contributed by atoms with Gasteiger partial charge >= 0.3 is 0 Å². The number of pyridine rings is 1. The number of hydrogen-bond acceptors (Lipinski definition) is 4. The first-order valence-corrected chi connectivity index (χ1v) is 9.71. The molecule has 0 spiro atoms. The molecule has 1 aliphatic rings. The molecule has 3 aromatic rings. The van der Waals surface area contributed by atoms with E-state index in [-0.39, 0.29) is 11.6 Å². The topological polar surface area (TPSA) is 49.6 Å². The van der Waals surface area contributed by atoms with Gasteiger partial charge < -0.3 is 14.2 Å². The van der Waals surface area contributed by atoms with Gasteiger partial charge in [-0.1, -0.05) is 11.6 Å². The molecular formula is C21H20ClF2N3O2. The lowest BCUT2D eigenvalue weighted by Crippen LogP contribution is -2.49. The molecule has 1 aromatic carbocycles. The van der Waals surface area contributed by atoms with Gasteiger partial charge in [-0.2, -0.15) is 0 Å². The van der Waals surface area contributed by atoms with Gasteiger partial charge in [-0.15, -0.1) is 0 Å². The molecule has 1 saturated heterocycles. The Hall–Kier alpha value is -2.67. The molecule has 0 saturated carbocycles. The van der Waals surface area contributed by atoms with Gasteiger partial charge in [0.1, 0.15) is 17.2 Å². The maximum Gasteiger partial charge on any atom is 0.280 e. The lowest BCUT2D eigenvalue weighted by atomic mass is 10.1. The summed E-state index contributed by atoms with van der Waals surface area (Å²) in [5.41, 5.74) is 1.44. The molecule has 0 N–H and O–H groups in total. The number of aromatic nitrogens is 1. The first kappa shape index (κ1) is 19.6. The number of aryl methyl sites for hydroxylation is 2. The van der Waals surface area contributed by atoms with Gasteiger partial charge in [0.15, 0.2) is 0 Å². The molecular weight excluding hydrogens is 400 g/mol. The molecule has 1 fully saturated rings. The van der Waals surface area contributed by atoms with Crippen molar-refractivity contribution in [3.8, 4) is 0 Å². The Morgan fingerprint density at radius 3 is 2.48 bits per heavy atom. The van der Waals surface area contributed by atoms with E-state index in [0.717, 1.165) is 5.39 Å². The Morgan fingerprint density at radius 1 is 1.14 bits per heavy atom. The van der Waals surface area contributed by atoms with Crippen LogP contribution in [-0.2, 0) is 0 Å². The Morgan fingerprint density at radius 2 is 1.86 bits per heavy atom. The lowest BCUT2D eigenvalue weighted by Gasteiger charge is -2.36. The van der Waals surface area contributed by atoms with Crippen molar-refractivity contribution in [2.24, 2.45) is 0 Å². The molecule has 4 rings (SSSR count). The number of nitrogens with zero attached hydrogens (tertiary/aromatic N) is 3. The summed E-state index contributed by atoms with van der Waals surface area (Å²) in [7, 11) is 0. The minimum Gasteiger partial charge on any atom is -0.466 e. The smallest absolute Gasteiger partial charge is 0.280 e. The SMILES string of the molecule is Cc1cc(C(=O)N2CCN(c3cc(C(F)F)nc4ccc(Cl)cc34)CC2)c(C)o1. The van der Waals surface area contributed by atoms with Crippen LogP contribution in [0.5, 0.6) is 0 Å². The molecule has 0 atom stereocenters. The number of hydrogen-bond donors (Lipinski definition) is 0. The number of piperazine rings is 1. The molecule has 1 amide bonds. The highest BCUT2D eigenvalue weighted by Gasteiger charge is 2.26. The van der Waals surface area contributed by atoms with Crippen molar-refractivity contribution in [2.45, 2.75) is 20.3 Å². The number of furan rings is 1. The van der Waals surface area contributed by atoms with E-state index >= 15 is 0 Å². The Bertz CT molecular complexity index is 1080. The molecule has 152 valence electrons. The minimum atomic E-state index is -2.66. The van der Waals surface area contributed by atoms with E-state index < -0.39 is 6.43 Å². The summed E-state index contributed by atoms with van der Waals surface area (Å²) in [6.07, 6.45) is -2.66. The van der Waals surface area contributed by atoms with E-state index in [0.29, 0.717) is 59.5 Å². The van der Waals surface area contributed by atoms with Crippen LogP contribution in [0.4, 0.5) is 14.5 Å². The Balaban J connectivity index is 1.59. The van der Waals surface area contributed by atoms with E-state index in [1.807, 2.05) is 11.8 Å². The molecule has 0 radical (unpaired) electrons. The van der Waals surface area contributed by atoms with Crippen molar-refractivity contribution < 1.29 is 18.0 Å². The van der Waals surface area contributed by atoms with Crippen molar-refractivity contribution in [1.29, 1.82) is 0 Å². The Kier molecular flexibility index (Phi) is 5.17. The van der Waals surface area contributed by atoms with E-state index in [1.54, 1.807) is 36.1 Å². The van der Waals surface area contributed by atoms with Crippen LogP contribution >= 0.6 is 11.6 Å². The third-order valence-electron chi connectivity index (χ3n) is 5.17. The van der Waals surface area contributed by atoms with E-state index in [9.17, 15) is 13.6 Å². The van der Waals surface area contributed by atoms with Gasteiger partial charge in [-0.25, -0.2) is 13.8 Å². The molecule has 0 bridgehead atoms. The number of halogens is 3. The summed E-state index contributed by atoms with van der Waals surface area (Å²) in [5.74, 6) is 1.23. The predicted octanol–water partition coefficient (Wildman–Crippen LogP) is 5.00. The van der Waals surface area contributed by atoms with Gasteiger partial charge in [0.2, 0.25) is 0 Å². The van der Waals surface area contributed by atoms with Crippen molar-refractivity contribution in [1.82, 2.24) is 9.88 Å². The Labute approximate surface area is 171 Å². The van der Waals surface area contributed by atoms with E-state index in [2.05, 4.69) is 4.98 Å². The molecule has 2 aromatic heterocycles. The number of amides is 1. The predicted molar refractivity (Wildman–Crippen MR) is 108 cm³/mol. The van der Waals surface area contributed by atoms with E-state index in [4.69, 9.17) is 16.0 Å². The van der Waals surface area contributed by atoms with Gasteiger partial charge in [0, 0.05) is 42.3 Å². The number of carbonyl (C=O) groups is 1. The van der Waals surface area contributed by atoms with Gasteiger partial charge in [0.05, 0.1) is 11.1 Å². The normalized spacial score (nSPS) is 14.8. The van der Waals surface area contributed by atoms with Crippen molar-refractivity contribution >= 4 is 34.1 Å². The first-order chi connectivity index (χ1) is 13.8. The highest BCUT2D eigenvalue weighted by Crippen LogP contribution is 2.33. The fourth-order valence-corrected chi connectivity index (χ4v) is 3.91. The zero-order valence-corrected chi connectivity index (χ0v) is 16.8. The number of rotatable bonds is 3. The number of alkyl halides is 2. The largest absolute Gasteiger partial charge is 0.466 e. The fraction of sp³-hybridized carbons (Fsp3) is 0.333. The molecule has 5 nitrogen and oxygen atoms in total. The quantitative estimate of drug-likeness (QED) is 0.599. The first-order valence-electron chi connectivity index (χ1n) is 9.33. The third kappa shape index (κ3) is 3.79. The van der Waals surface area contributed by atoms with Gasteiger partial charge in [0.25, 0.3) is 12.3 Å². The second kappa shape index (κ2) is 7.63. The number of benzene rings is 1. The van der Waals surface area contributed by atoms with Crippen LogP contribution in [0.25, 0.3) is 10.9 Å². The molecule has 3 heterocycles. The van der Waals surface area contributed by atoms with Gasteiger partial charge in [-0.3, -0.25) is 4.79 Å². The van der Waals surface area contributed by atoms with Crippen LogP contribution in [0, 0.1) is 13.8 Å². The van der Waals surface area contributed by atoms with Gasteiger partial charge in [-0.05, 0) is 44.2 Å². The van der Waals surface area contributed by atoms with Crippen LogP contribution in [0.3, 0.4) is 0 Å². The summed E-state index contributed by atoms with van der Waals surface area (Å²) in [4.78, 5) is 20.6.